The lowest BCUT2D eigenvalue weighted by Crippen LogP contribution is -2.40. The summed E-state index contributed by atoms with van der Waals surface area (Å²) in [5.74, 6) is 0.687. The Labute approximate surface area is 232 Å². The van der Waals surface area contributed by atoms with E-state index in [9.17, 15) is 9.59 Å². The molecule has 0 amide bonds. The number of carbonyl (C=O) groups is 1. The van der Waals surface area contributed by atoms with Crippen LogP contribution in [0.3, 0.4) is 0 Å². The average molecular weight is 555 g/mol. The Bertz CT molecular complexity index is 1960. The highest BCUT2D eigenvalue weighted by Crippen LogP contribution is 2.35. The predicted octanol–water partition coefficient (Wildman–Crippen LogP) is 5.86. The standard InChI is InChI=1S/C31H23ClN2O4S/c1-3-37-30(36)27-18(2)33-31-34(28(27)24-13-7-9-19-8-4-5-12-23(19)24)29(35)26(39-31)17-22-14-15-25(38-22)20-10-6-11-21(32)16-20/h4-17,28H,3H2,1-2H3/b26-17+/t28-/m1/s1. The minimum absolute atomic E-state index is 0.218. The topological polar surface area (TPSA) is 73.8 Å². The monoisotopic (exact) mass is 554 g/mol. The van der Waals surface area contributed by atoms with Gasteiger partial charge in [-0.25, -0.2) is 9.79 Å². The van der Waals surface area contributed by atoms with Crippen LogP contribution < -0.4 is 14.9 Å². The maximum atomic E-state index is 13.9. The van der Waals surface area contributed by atoms with E-state index in [4.69, 9.17) is 20.8 Å². The zero-order chi connectivity index (χ0) is 27.1. The fraction of sp³-hybridized carbons (Fsp3) is 0.129. The van der Waals surface area contributed by atoms with Gasteiger partial charge >= 0.3 is 5.97 Å². The van der Waals surface area contributed by atoms with Gasteiger partial charge in [0, 0.05) is 16.7 Å². The number of nitrogens with zero attached hydrogens (tertiary/aromatic N) is 2. The number of benzene rings is 3. The molecule has 0 unspecified atom stereocenters. The van der Waals surface area contributed by atoms with Gasteiger partial charge in [0.1, 0.15) is 11.5 Å². The van der Waals surface area contributed by atoms with E-state index in [0.29, 0.717) is 37.1 Å². The quantitative estimate of drug-likeness (QED) is 0.255. The van der Waals surface area contributed by atoms with Crippen molar-refractivity contribution in [2.75, 3.05) is 6.61 Å². The molecule has 0 N–H and O–H groups in total. The summed E-state index contributed by atoms with van der Waals surface area (Å²) in [5, 5.41) is 2.58. The van der Waals surface area contributed by atoms with Crippen LogP contribution in [0.15, 0.2) is 104 Å². The lowest BCUT2D eigenvalue weighted by molar-refractivity contribution is -0.139. The van der Waals surface area contributed by atoms with Crippen molar-refractivity contribution in [1.29, 1.82) is 0 Å². The number of hydrogen-bond acceptors (Lipinski definition) is 6. The first-order valence-corrected chi connectivity index (χ1v) is 13.7. The summed E-state index contributed by atoms with van der Waals surface area (Å²) in [7, 11) is 0. The van der Waals surface area contributed by atoms with Gasteiger partial charge in [-0.2, -0.15) is 0 Å². The van der Waals surface area contributed by atoms with Crippen LogP contribution in [0.25, 0.3) is 28.2 Å². The van der Waals surface area contributed by atoms with E-state index in [-0.39, 0.29) is 12.2 Å². The third kappa shape index (κ3) is 4.54. The van der Waals surface area contributed by atoms with Gasteiger partial charge in [-0.3, -0.25) is 9.36 Å². The molecule has 1 aliphatic rings. The molecule has 0 fully saturated rings. The first kappa shape index (κ1) is 25.1. The number of esters is 1. The third-order valence-electron chi connectivity index (χ3n) is 6.64. The van der Waals surface area contributed by atoms with Crippen LogP contribution in [0.2, 0.25) is 5.02 Å². The molecule has 5 aromatic rings. The molecule has 39 heavy (non-hydrogen) atoms. The highest BCUT2D eigenvalue weighted by Gasteiger charge is 2.34. The molecule has 0 aliphatic carbocycles. The van der Waals surface area contributed by atoms with E-state index in [0.717, 1.165) is 21.9 Å². The zero-order valence-corrected chi connectivity index (χ0v) is 22.8. The number of aromatic nitrogens is 1. The molecule has 2 aromatic heterocycles. The van der Waals surface area contributed by atoms with Crippen LogP contribution in [-0.2, 0) is 9.53 Å². The number of fused-ring (bicyclic) bond motifs is 2. The van der Waals surface area contributed by atoms with E-state index in [1.54, 1.807) is 30.6 Å². The number of furan rings is 1. The van der Waals surface area contributed by atoms with Gasteiger partial charge < -0.3 is 9.15 Å². The SMILES string of the molecule is CCOC(=O)C1=C(C)N=c2s/c(=C/c3ccc(-c4cccc(Cl)c4)o3)c(=O)n2[C@@H]1c1cccc2ccccc12. The van der Waals surface area contributed by atoms with Crippen molar-refractivity contribution in [1.82, 2.24) is 4.57 Å². The Morgan fingerprint density at radius 3 is 2.72 bits per heavy atom. The largest absolute Gasteiger partial charge is 0.463 e. The zero-order valence-electron chi connectivity index (χ0n) is 21.2. The van der Waals surface area contributed by atoms with Crippen LogP contribution >= 0.6 is 22.9 Å². The third-order valence-corrected chi connectivity index (χ3v) is 7.86. The first-order valence-electron chi connectivity index (χ1n) is 12.5. The van der Waals surface area contributed by atoms with Gasteiger partial charge in [-0.05, 0) is 54.4 Å². The fourth-order valence-corrected chi connectivity index (χ4v) is 6.15. The Morgan fingerprint density at radius 1 is 1.10 bits per heavy atom. The van der Waals surface area contributed by atoms with E-state index in [2.05, 4.69) is 4.99 Å². The van der Waals surface area contributed by atoms with Crippen molar-refractivity contribution in [2.45, 2.75) is 19.9 Å². The van der Waals surface area contributed by atoms with Crippen LogP contribution in [-0.4, -0.2) is 17.1 Å². The molecule has 8 heteroatoms. The van der Waals surface area contributed by atoms with Crippen molar-refractivity contribution in [3.05, 3.63) is 126 Å². The van der Waals surface area contributed by atoms with Gasteiger partial charge in [0.2, 0.25) is 0 Å². The maximum absolute atomic E-state index is 13.9. The number of allylic oxidation sites excluding steroid dienone is 1. The Hall–Kier alpha value is -4.20. The van der Waals surface area contributed by atoms with Crippen molar-refractivity contribution in [3.8, 4) is 11.3 Å². The van der Waals surface area contributed by atoms with Gasteiger partial charge in [0.05, 0.1) is 28.5 Å². The Morgan fingerprint density at radius 2 is 1.90 bits per heavy atom. The first-order chi connectivity index (χ1) is 18.9. The summed E-state index contributed by atoms with van der Waals surface area (Å²) >= 11 is 7.40. The number of hydrogen-bond donors (Lipinski definition) is 0. The molecule has 6 nitrogen and oxygen atoms in total. The van der Waals surface area contributed by atoms with E-state index in [1.165, 1.54) is 11.3 Å². The van der Waals surface area contributed by atoms with Crippen LogP contribution in [0.1, 0.15) is 31.2 Å². The lowest BCUT2D eigenvalue weighted by Gasteiger charge is -2.25. The van der Waals surface area contributed by atoms with Crippen LogP contribution in [0, 0.1) is 0 Å². The number of thiazole rings is 1. The predicted molar refractivity (Wildman–Crippen MR) is 154 cm³/mol. The highest BCUT2D eigenvalue weighted by molar-refractivity contribution is 7.07. The molecule has 1 aliphatic heterocycles. The lowest BCUT2D eigenvalue weighted by atomic mass is 9.91. The number of carbonyl (C=O) groups excluding carboxylic acids is 1. The molecule has 194 valence electrons. The molecule has 1 atom stereocenters. The molecule has 3 heterocycles. The second kappa shape index (κ2) is 10.2. The second-order valence-corrected chi connectivity index (χ2v) is 10.5. The molecule has 0 bridgehead atoms. The summed E-state index contributed by atoms with van der Waals surface area (Å²) < 4.78 is 13.5. The van der Waals surface area contributed by atoms with Crippen LogP contribution in [0.5, 0.6) is 0 Å². The number of rotatable bonds is 5. The molecular weight excluding hydrogens is 532 g/mol. The number of ether oxygens (including phenoxy) is 1. The Kier molecular flexibility index (Phi) is 6.54. The van der Waals surface area contributed by atoms with Crippen molar-refractivity contribution in [2.24, 2.45) is 4.99 Å². The fourth-order valence-electron chi connectivity index (χ4n) is 4.93. The normalized spacial score (nSPS) is 15.4. The molecule has 3 aromatic carbocycles. The average Bonchev–Trinajstić information content (AvgIpc) is 3.52. The van der Waals surface area contributed by atoms with Gasteiger partial charge in [-0.1, -0.05) is 77.5 Å². The minimum Gasteiger partial charge on any atom is -0.463 e. The summed E-state index contributed by atoms with van der Waals surface area (Å²) in [6.45, 7) is 3.76. The van der Waals surface area contributed by atoms with E-state index in [1.807, 2.05) is 72.8 Å². The van der Waals surface area contributed by atoms with E-state index >= 15 is 0 Å². The summed E-state index contributed by atoms with van der Waals surface area (Å²) in [4.78, 5) is 32.3. The summed E-state index contributed by atoms with van der Waals surface area (Å²) in [6.07, 6.45) is 1.71. The molecule has 0 spiro atoms. The maximum Gasteiger partial charge on any atom is 0.338 e. The molecule has 0 saturated carbocycles. The smallest absolute Gasteiger partial charge is 0.338 e. The molecule has 6 rings (SSSR count). The van der Waals surface area contributed by atoms with Gasteiger partial charge in [0.15, 0.2) is 4.80 Å². The molecule has 0 saturated heterocycles. The van der Waals surface area contributed by atoms with E-state index < -0.39 is 12.0 Å². The van der Waals surface area contributed by atoms with Gasteiger partial charge in [0.25, 0.3) is 5.56 Å². The number of halogens is 1. The summed E-state index contributed by atoms with van der Waals surface area (Å²) in [6, 6.07) is 24.2. The van der Waals surface area contributed by atoms with Gasteiger partial charge in [-0.15, -0.1) is 0 Å². The van der Waals surface area contributed by atoms with Crippen molar-refractivity contribution >= 4 is 45.8 Å². The minimum atomic E-state index is -0.688. The molecule has 0 radical (unpaired) electrons. The van der Waals surface area contributed by atoms with Crippen LogP contribution in [0.4, 0.5) is 0 Å². The van der Waals surface area contributed by atoms with Crippen molar-refractivity contribution < 1.29 is 13.9 Å². The second-order valence-electron chi connectivity index (χ2n) is 9.08. The Balaban J connectivity index is 1.53. The summed E-state index contributed by atoms with van der Waals surface area (Å²) in [5.41, 5.74) is 2.30. The van der Waals surface area contributed by atoms with Crippen molar-refractivity contribution in [3.63, 3.8) is 0 Å². The molecular formula is C31H23ClN2O4S. The highest BCUT2D eigenvalue weighted by atomic mass is 35.5.